The van der Waals surface area contributed by atoms with Crippen molar-refractivity contribution in [3.05, 3.63) is 53.5 Å². The predicted octanol–water partition coefficient (Wildman–Crippen LogP) is 3.73. The summed E-state index contributed by atoms with van der Waals surface area (Å²) in [5.41, 5.74) is 1.93. The van der Waals surface area contributed by atoms with Gasteiger partial charge in [0.25, 0.3) is 0 Å². The second kappa shape index (κ2) is 6.03. The van der Waals surface area contributed by atoms with Crippen LogP contribution in [0.1, 0.15) is 37.4 Å². The maximum Gasteiger partial charge on any atom is 0.239 e. The van der Waals surface area contributed by atoms with Gasteiger partial charge in [0.15, 0.2) is 0 Å². The lowest BCUT2D eigenvalue weighted by atomic mass is 9.81. The van der Waals surface area contributed by atoms with Gasteiger partial charge in [0.1, 0.15) is 11.5 Å². The molecule has 1 aromatic carbocycles. The standard InChI is InChI=1S/C21H26N2O2/c1-15(2)12-23-19-7-5-4-6-18(19)21(20(23)24)10-11-22(14-21)13-17-9-8-16(3)25-17/h4-9,15H,10-14H2,1-3H3. The molecule has 1 unspecified atom stereocenters. The highest BCUT2D eigenvalue weighted by atomic mass is 16.3. The lowest BCUT2D eigenvalue weighted by molar-refractivity contribution is -0.123. The number of hydrogen-bond acceptors (Lipinski definition) is 3. The van der Waals surface area contributed by atoms with E-state index in [9.17, 15) is 4.79 Å². The Morgan fingerprint density at radius 3 is 2.72 bits per heavy atom. The number of furan rings is 1. The number of rotatable bonds is 4. The number of aryl methyl sites for hydroxylation is 1. The Balaban J connectivity index is 1.62. The molecule has 1 saturated heterocycles. The van der Waals surface area contributed by atoms with Gasteiger partial charge in [0, 0.05) is 25.3 Å². The summed E-state index contributed by atoms with van der Waals surface area (Å²) in [5, 5.41) is 0. The first-order valence-corrected chi connectivity index (χ1v) is 9.19. The largest absolute Gasteiger partial charge is 0.465 e. The normalized spacial score (nSPS) is 23.2. The smallest absolute Gasteiger partial charge is 0.239 e. The van der Waals surface area contributed by atoms with E-state index in [0.29, 0.717) is 5.92 Å². The summed E-state index contributed by atoms with van der Waals surface area (Å²) in [7, 11) is 0. The molecule has 1 aromatic heterocycles. The second-order valence-electron chi connectivity index (χ2n) is 7.88. The number of benzene rings is 1. The molecule has 0 bridgehead atoms. The Kier molecular flexibility index (Phi) is 3.95. The van der Waals surface area contributed by atoms with Crippen LogP contribution >= 0.6 is 0 Å². The highest BCUT2D eigenvalue weighted by Crippen LogP contribution is 2.47. The first-order chi connectivity index (χ1) is 12.0. The summed E-state index contributed by atoms with van der Waals surface area (Å²) in [5.74, 6) is 2.65. The minimum absolute atomic E-state index is 0.278. The van der Waals surface area contributed by atoms with Gasteiger partial charge in [-0.2, -0.15) is 0 Å². The van der Waals surface area contributed by atoms with E-state index < -0.39 is 0 Å². The van der Waals surface area contributed by atoms with Gasteiger partial charge in [-0.3, -0.25) is 9.69 Å². The van der Waals surface area contributed by atoms with Crippen LogP contribution in [-0.2, 0) is 16.8 Å². The van der Waals surface area contributed by atoms with Gasteiger partial charge in [-0.1, -0.05) is 32.0 Å². The highest BCUT2D eigenvalue weighted by Gasteiger charge is 2.54. The van der Waals surface area contributed by atoms with Gasteiger partial charge < -0.3 is 9.32 Å². The molecule has 4 nitrogen and oxygen atoms in total. The van der Waals surface area contributed by atoms with Crippen molar-refractivity contribution in [3.8, 4) is 0 Å². The lowest BCUT2D eigenvalue weighted by Crippen LogP contribution is -2.43. The summed E-state index contributed by atoms with van der Waals surface area (Å²) >= 11 is 0. The van der Waals surface area contributed by atoms with E-state index in [1.165, 1.54) is 5.56 Å². The third-order valence-electron chi connectivity index (χ3n) is 5.44. The molecule has 0 saturated carbocycles. The Morgan fingerprint density at radius 2 is 2.00 bits per heavy atom. The molecular weight excluding hydrogens is 312 g/mol. The second-order valence-corrected chi connectivity index (χ2v) is 7.88. The number of carbonyl (C=O) groups excluding carboxylic acids is 1. The average Bonchev–Trinajstić information content (AvgIpc) is 3.24. The van der Waals surface area contributed by atoms with E-state index in [4.69, 9.17) is 4.42 Å². The van der Waals surface area contributed by atoms with Crippen LogP contribution in [0.25, 0.3) is 0 Å². The van der Waals surface area contributed by atoms with Crippen LogP contribution < -0.4 is 4.90 Å². The van der Waals surface area contributed by atoms with Gasteiger partial charge in [-0.25, -0.2) is 0 Å². The van der Waals surface area contributed by atoms with Crippen LogP contribution in [-0.4, -0.2) is 30.4 Å². The zero-order chi connectivity index (χ0) is 17.6. The number of anilines is 1. The number of nitrogens with zero attached hydrogens (tertiary/aromatic N) is 2. The van der Waals surface area contributed by atoms with Crippen LogP contribution in [0.2, 0.25) is 0 Å². The molecule has 4 heteroatoms. The van der Waals surface area contributed by atoms with Crippen LogP contribution in [0.3, 0.4) is 0 Å². The molecule has 25 heavy (non-hydrogen) atoms. The zero-order valence-electron chi connectivity index (χ0n) is 15.3. The highest BCUT2D eigenvalue weighted by molar-refractivity contribution is 6.08. The van der Waals surface area contributed by atoms with E-state index in [1.807, 2.05) is 30.0 Å². The van der Waals surface area contributed by atoms with E-state index >= 15 is 0 Å². The Morgan fingerprint density at radius 1 is 1.20 bits per heavy atom. The van der Waals surface area contributed by atoms with Crippen molar-refractivity contribution in [2.24, 2.45) is 5.92 Å². The number of hydrogen-bond donors (Lipinski definition) is 0. The van der Waals surface area contributed by atoms with Gasteiger partial charge in [0.2, 0.25) is 5.91 Å². The topological polar surface area (TPSA) is 36.7 Å². The fraction of sp³-hybridized carbons (Fsp3) is 0.476. The molecular formula is C21H26N2O2. The maximum atomic E-state index is 13.4. The average molecular weight is 338 g/mol. The molecule has 2 aliphatic heterocycles. The van der Waals surface area contributed by atoms with Crippen LogP contribution in [0.15, 0.2) is 40.8 Å². The van der Waals surface area contributed by atoms with Crippen molar-refractivity contribution in [3.63, 3.8) is 0 Å². The van der Waals surface area contributed by atoms with E-state index in [-0.39, 0.29) is 11.3 Å². The number of likely N-dealkylation sites (tertiary alicyclic amines) is 1. The maximum absolute atomic E-state index is 13.4. The molecule has 1 spiro atoms. The number of carbonyl (C=O) groups is 1. The van der Waals surface area contributed by atoms with Crippen molar-refractivity contribution >= 4 is 11.6 Å². The molecule has 2 aliphatic rings. The summed E-state index contributed by atoms with van der Waals surface area (Å²) < 4.78 is 5.73. The summed E-state index contributed by atoms with van der Waals surface area (Å²) in [6.45, 7) is 9.56. The first kappa shape index (κ1) is 16.4. The minimum atomic E-state index is -0.382. The van der Waals surface area contributed by atoms with Gasteiger partial charge in [0.05, 0.1) is 12.0 Å². The van der Waals surface area contributed by atoms with Crippen molar-refractivity contribution in [2.45, 2.75) is 39.2 Å². The molecule has 2 aromatic rings. The fourth-order valence-electron chi connectivity index (χ4n) is 4.35. The Labute approximate surface area is 149 Å². The van der Waals surface area contributed by atoms with E-state index in [2.05, 4.69) is 36.9 Å². The van der Waals surface area contributed by atoms with Crippen molar-refractivity contribution in [2.75, 3.05) is 24.5 Å². The van der Waals surface area contributed by atoms with E-state index in [1.54, 1.807) is 0 Å². The van der Waals surface area contributed by atoms with Crippen LogP contribution in [0, 0.1) is 12.8 Å². The SMILES string of the molecule is Cc1ccc(CN2CCC3(C2)C(=O)N(CC(C)C)c2ccccc23)o1. The zero-order valence-corrected chi connectivity index (χ0v) is 15.3. The summed E-state index contributed by atoms with van der Waals surface area (Å²) in [4.78, 5) is 17.8. The summed E-state index contributed by atoms with van der Waals surface area (Å²) in [6.07, 6.45) is 0.886. The fourth-order valence-corrected chi connectivity index (χ4v) is 4.35. The molecule has 1 fully saturated rings. The Hall–Kier alpha value is -2.07. The van der Waals surface area contributed by atoms with Crippen molar-refractivity contribution in [1.82, 2.24) is 4.90 Å². The minimum Gasteiger partial charge on any atom is -0.465 e. The van der Waals surface area contributed by atoms with Gasteiger partial charge in [-0.05, 0) is 43.0 Å². The quantitative estimate of drug-likeness (QED) is 0.852. The number of fused-ring (bicyclic) bond motifs is 2. The van der Waals surface area contributed by atoms with Gasteiger partial charge in [-0.15, -0.1) is 0 Å². The number of para-hydroxylation sites is 1. The molecule has 0 N–H and O–H groups in total. The first-order valence-electron chi connectivity index (χ1n) is 9.19. The monoisotopic (exact) mass is 338 g/mol. The van der Waals surface area contributed by atoms with Crippen LogP contribution in [0.4, 0.5) is 5.69 Å². The third kappa shape index (κ3) is 2.69. The molecule has 0 aliphatic carbocycles. The molecule has 3 heterocycles. The third-order valence-corrected chi connectivity index (χ3v) is 5.44. The molecule has 1 amide bonds. The predicted molar refractivity (Wildman–Crippen MR) is 98.7 cm³/mol. The number of amides is 1. The lowest BCUT2D eigenvalue weighted by Gasteiger charge is -2.25. The van der Waals surface area contributed by atoms with Crippen molar-refractivity contribution < 1.29 is 9.21 Å². The van der Waals surface area contributed by atoms with E-state index in [0.717, 1.165) is 49.8 Å². The molecule has 132 valence electrons. The van der Waals surface area contributed by atoms with Crippen molar-refractivity contribution in [1.29, 1.82) is 0 Å². The van der Waals surface area contributed by atoms with Crippen LogP contribution in [0.5, 0.6) is 0 Å². The molecule has 4 rings (SSSR count). The molecule has 0 radical (unpaired) electrons. The molecule has 1 atom stereocenters. The summed E-state index contributed by atoms with van der Waals surface area (Å²) in [6, 6.07) is 12.4. The Bertz CT molecular complexity index is 795. The van der Waals surface area contributed by atoms with Gasteiger partial charge >= 0.3 is 0 Å².